The second kappa shape index (κ2) is 6.90. The predicted molar refractivity (Wildman–Crippen MR) is 102 cm³/mol. The van der Waals surface area contributed by atoms with Gasteiger partial charge >= 0.3 is 5.97 Å². The Bertz CT molecular complexity index is 545. The van der Waals surface area contributed by atoms with Crippen LogP contribution in [0, 0.1) is 22.7 Å². The van der Waals surface area contributed by atoms with Crippen LogP contribution >= 0.6 is 0 Å². The van der Waals surface area contributed by atoms with Gasteiger partial charge in [0.25, 0.3) is 0 Å². The van der Waals surface area contributed by atoms with E-state index in [-0.39, 0.29) is 22.9 Å². The number of carbonyl (C=O) groups is 1. The Morgan fingerprint density at radius 3 is 2.60 bits per heavy atom. The molecule has 0 aromatic rings. The summed E-state index contributed by atoms with van der Waals surface area (Å²) in [5, 5.41) is 10.4. The van der Waals surface area contributed by atoms with Gasteiger partial charge in [0.05, 0.1) is 5.60 Å². The van der Waals surface area contributed by atoms with Gasteiger partial charge in [0, 0.05) is 19.3 Å². The topological polar surface area (TPSA) is 46.5 Å². The molecule has 0 aromatic heterocycles. The van der Waals surface area contributed by atoms with Crippen LogP contribution in [0.1, 0.15) is 73.1 Å². The average molecular weight is 349 g/mol. The zero-order valence-corrected chi connectivity index (χ0v) is 16.7. The van der Waals surface area contributed by atoms with Gasteiger partial charge in [-0.3, -0.25) is 4.79 Å². The molecule has 2 aliphatic carbocycles. The number of hydrogen-bond acceptors (Lipinski definition) is 3. The molecule has 0 bridgehead atoms. The van der Waals surface area contributed by atoms with Crippen LogP contribution in [0.15, 0.2) is 24.8 Å². The van der Waals surface area contributed by atoms with E-state index >= 15 is 0 Å². The summed E-state index contributed by atoms with van der Waals surface area (Å²) in [4.78, 5) is 11.7. The van der Waals surface area contributed by atoms with Crippen molar-refractivity contribution in [1.29, 1.82) is 0 Å². The Labute approximate surface area is 153 Å². The van der Waals surface area contributed by atoms with Crippen LogP contribution in [0.5, 0.6) is 0 Å². The molecule has 1 N–H and O–H groups in total. The van der Waals surface area contributed by atoms with E-state index in [4.69, 9.17) is 4.74 Å². The Morgan fingerprint density at radius 2 is 2.04 bits per heavy atom. The zero-order valence-electron chi connectivity index (χ0n) is 16.7. The molecule has 0 heterocycles. The highest BCUT2D eigenvalue weighted by atomic mass is 16.5. The van der Waals surface area contributed by atoms with Crippen molar-refractivity contribution in [3.8, 4) is 0 Å². The van der Waals surface area contributed by atoms with E-state index in [1.54, 1.807) is 6.08 Å². The van der Waals surface area contributed by atoms with Gasteiger partial charge in [-0.1, -0.05) is 45.4 Å². The summed E-state index contributed by atoms with van der Waals surface area (Å²) in [6.07, 6.45) is 7.34. The van der Waals surface area contributed by atoms with Crippen molar-refractivity contribution in [2.75, 3.05) is 0 Å². The van der Waals surface area contributed by atoms with E-state index in [1.165, 1.54) is 18.9 Å². The Balaban J connectivity index is 2.35. The zero-order chi connectivity index (χ0) is 19.0. The molecule has 5 atom stereocenters. The van der Waals surface area contributed by atoms with Crippen LogP contribution in [0.4, 0.5) is 0 Å². The Kier molecular flexibility index (Phi) is 5.59. The maximum absolute atomic E-state index is 11.7. The molecule has 2 saturated carbocycles. The lowest BCUT2D eigenvalue weighted by atomic mass is 9.46. The molecule has 0 aliphatic heterocycles. The summed E-state index contributed by atoms with van der Waals surface area (Å²) in [5.74, 6) is 0.465. The summed E-state index contributed by atoms with van der Waals surface area (Å²) in [6, 6.07) is 0. The maximum Gasteiger partial charge on any atom is 0.302 e. The van der Waals surface area contributed by atoms with Crippen molar-refractivity contribution < 1.29 is 14.6 Å². The minimum atomic E-state index is -0.844. The predicted octanol–water partition coefficient (Wildman–Crippen LogP) is 5.04. The first kappa shape index (κ1) is 20.2. The van der Waals surface area contributed by atoms with Crippen molar-refractivity contribution in [2.45, 2.75) is 84.8 Å². The van der Waals surface area contributed by atoms with Crippen molar-refractivity contribution in [3.05, 3.63) is 24.8 Å². The number of ether oxygens (including phenoxy) is 1. The molecule has 142 valence electrons. The molecule has 0 radical (unpaired) electrons. The monoisotopic (exact) mass is 348 g/mol. The molecule has 25 heavy (non-hydrogen) atoms. The molecular weight excluding hydrogens is 312 g/mol. The number of aliphatic hydroxyl groups is 1. The third kappa shape index (κ3) is 4.02. The lowest BCUT2D eigenvalue weighted by molar-refractivity contribution is -0.171. The van der Waals surface area contributed by atoms with Gasteiger partial charge in [-0.2, -0.15) is 0 Å². The molecule has 3 heteroatoms. The molecule has 3 nitrogen and oxygen atoms in total. The van der Waals surface area contributed by atoms with E-state index in [0.29, 0.717) is 18.3 Å². The average Bonchev–Trinajstić information content (AvgIpc) is 2.44. The van der Waals surface area contributed by atoms with Gasteiger partial charge in [-0.05, 0) is 49.4 Å². The van der Waals surface area contributed by atoms with Crippen molar-refractivity contribution in [3.63, 3.8) is 0 Å². The SMILES string of the molecule is C=C[C@@](C)(O)CC[C@@H]1C(=C)C[C@H](OC(C)=O)[C@H]2C(C)(C)CCC[C@@]12C. The highest BCUT2D eigenvalue weighted by molar-refractivity contribution is 5.66. The summed E-state index contributed by atoms with van der Waals surface area (Å²) in [5.41, 5.74) is 0.507. The highest BCUT2D eigenvalue weighted by Gasteiger charge is 2.57. The fourth-order valence-electron chi connectivity index (χ4n) is 5.83. The number of fused-ring (bicyclic) bond motifs is 1. The first-order chi connectivity index (χ1) is 11.4. The lowest BCUT2D eigenvalue weighted by Gasteiger charge is -2.60. The van der Waals surface area contributed by atoms with Crippen LogP contribution in [0.2, 0.25) is 0 Å². The highest BCUT2D eigenvalue weighted by Crippen LogP contribution is 2.62. The quantitative estimate of drug-likeness (QED) is 0.559. The first-order valence-electron chi connectivity index (χ1n) is 9.64. The molecule has 2 rings (SSSR count). The maximum atomic E-state index is 11.7. The molecular formula is C22H36O3. The van der Waals surface area contributed by atoms with E-state index in [9.17, 15) is 9.90 Å². The minimum Gasteiger partial charge on any atom is -0.462 e. The number of esters is 1. The van der Waals surface area contributed by atoms with Gasteiger partial charge < -0.3 is 9.84 Å². The summed E-state index contributed by atoms with van der Waals surface area (Å²) >= 11 is 0. The summed E-state index contributed by atoms with van der Waals surface area (Å²) in [6.45, 7) is 18.4. The number of hydrogen-bond donors (Lipinski definition) is 1. The summed E-state index contributed by atoms with van der Waals surface area (Å²) < 4.78 is 5.78. The summed E-state index contributed by atoms with van der Waals surface area (Å²) in [7, 11) is 0. The molecule has 0 spiro atoms. The van der Waals surface area contributed by atoms with Gasteiger partial charge in [0.2, 0.25) is 0 Å². The first-order valence-corrected chi connectivity index (χ1v) is 9.64. The van der Waals surface area contributed by atoms with Crippen molar-refractivity contribution in [2.24, 2.45) is 22.7 Å². The second-order valence-corrected chi connectivity index (χ2v) is 9.49. The smallest absolute Gasteiger partial charge is 0.302 e. The molecule has 0 unspecified atom stereocenters. The molecule has 0 saturated heterocycles. The van der Waals surface area contributed by atoms with Crippen LogP contribution in [0.25, 0.3) is 0 Å². The van der Waals surface area contributed by atoms with Gasteiger partial charge in [0.15, 0.2) is 0 Å². The normalized spacial score (nSPS) is 36.9. The Morgan fingerprint density at radius 1 is 1.40 bits per heavy atom. The molecule has 0 amide bonds. The largest absolute Gasteiger partial charge is 0.462 e. The second-order valence-electron chi connectivity index (χ2n) is 9.49. The Hall–Kier alpha value is -1.09. The molecule has 0 aromatic carbocycles. The standard InChI is InChI=1S/C22H36O3/c1-8-21(6,24)13-10-17-15(2)14-18(25-16(3)23)19-20(4,5)11-9-12-22(17,19)7/h8,17-19,24H,1-2,9-14H2,3-7H3/t17-,18+,19+,21-,22+/m1/s1. The third-order valence-electron chi connectivity index (χ3n) is 6.91. The third-order valence-corrected chi connectivity index (χ3v) is 6.91. The fourth-order valence-corrected chi connectivity index (χ4v) is 5.83. The van der Waals surface area contributed by atoms with Crippen LogP contribution in [-0.2, 0) is 9.53 Å². The van der Waals surface area contributed by atoms with E-state index in [1.807, 2.05) is 6.92 Å². The van der Waals surface area contributed by atoms with Crippen LogP contribution in [0.3, 0.4) is 0 Å². The van der Waals surface area contributed by atoms with Crippen LogP contribution < -0.4 is 0 Å². The lowest BCUT2D eigenvalue weighted by Crippen LogP contribution is -2.56. The van der Waals surface area contributed by atoms with Crippen molar-refractivity contribution >= 4 is 5.97 Å². The molecule has 2 fully saturated rings. The fraction of sp³-hybridized carbons (Fsp3) is 0.773. The van der Waals surface area contributed by atoms with Gasteiger partial charge in [-0.25, -0.2) is 0 Å². The number of rotatable bonds is 5. The molecule has 2 aliphatic rings. The van der Waals surface area contributed by atoms with Crippen LogP contribution in [-0.4, -0.2) is 22.8 Å². The van der Waals surface area contributed by atoms with E-state index in [0.717, 1.165) is 25.7 Å². The number of carbonyl (C=O) groups excluding carboxylic acids is 1. The van der Waals surface area contributed by atoms with E-state index < -0.39 is 5.60 Å². The van der Waals surface area contributed by atoms with E-state index in [2.05, 4.69) is 33.9 Å². The van der Waals surface area contributed by atoms with Gasteiger partial charge in [-0.15, -0.1) is 6.58 Å². The minimum absolute atomic E-state index is 0.0500. The van der Waals surface area contributed by atoms with Gasteiger partial charge in [0.1, 0.15) is 6.10 Å². The van der Waals surface area contributed by atoms with Crippen molar-refractivity contribution in [1.82, 2.24) is 0 Å².